The highest BCUT2D eigenvalue weighted by atomic mass is 16.5. The molecule has 1 amide bonds. The van der Waals surface area contributed by atoms with E-state index in [1.807, 2.05) is 62.4 Å². The Bertz CT molecular complexity index is 1150. The smallest absolute Gasteiger partial charge is 0.224 e. The molecule has 0 spiro atoms. The van der Waals surface area contributed by atoms with Gasteiger partial charge >= 0.3 is 0 Å². The summed E-state index contributed by atoms with van der Waals surface area (Å²) in [4.78, 5) is 27.6. The van der Waals surface area contributed by atoms with Gasteiger partial charge < -0.3 is 10.1 Å². The highest BCUT2D eigenvalue weighted by molar-refractivity contribution is 6.00. The van der Waals surface area contributed by atoms with Crippen molar-refractivity contribution in [3.63, 3.8) is 0 Å². The van der Waals surface area contributed by atoms with Crippen molar-refractivity contribution in [2.24, 2.45) is 0 Å². The molecule has 3 aromatic carbocycles. The molecule has 1 N–H and O–H groups in total. The summed E-state index contributed by atoms with van der Waals surface area (Å²) in [5, 5.41) is 2.99. The van der Waals surface area contributed by atoms with Crippen LogP contribution in [0.4, 0.5) is 5.69 Å². The van der Waals surface area contributed by atoms with Gasteiger partial charge in [-0.25, -0.2) is 0 Å². The maximum atomic E-state index is 12.6. The summed E-state index contributed by atoms with van der Waals surface area (Å²) in [6.07, 6.45) is 0.344. The fourth-order valence-electron chi connectivity index (χ4n) is 4.19. The van der Waals surface area contributed by atoms with E-state index in [0.717, 1.165) is 60.8 Å². The topological polar surface area (TPSA) is 58.6 Å². The Morgan fingerprint density at radius 1 is 0.882 bits per heavy atom. The highest BCUT2D eigenvalue weighted by Crippen LogP contribution is 2.28. The van der Waals surface area contributed by atoms with Crippen LogP contribution in [-0.4, -0.2) is 42.9 Å². The average Bonchev–Trinajstić information content (AvgIpc) is 2.86. The van der Waals surface area contributed by atoms with Crippen LogP contribution >= 0.6 is 0 Å². The predicted molar refractivity (Wildman–Crippen MR) is 136 cm³/mol. The minimum atomic E-state index is -0.155. The number of ether oxygens (including phenoxy) is 1. The van der Waals surface area contributed by atoms with Crippen molar-refractivity contribution in [2.45, 2.75) is 33.2 Å². The quantitative estimate of drug-likeness (QED) is 0.461. The molecule has 34 heavy (non-hydrogen) atoms. The molecule has 0 unspecified atom stereocenters. The van der Waals surface area contributed by atoms with Crippen molar-refractivity contribution in [3.05, 3.63) is 89.0 Å². The van der Waals surface area contributed by atoms with Crippen molar-refractivity contribution in [1.29, 1.82) is 0 Å². The number of ketones is 1. The van der Waals surface area contributed by atoms with Crippen LogP contribution in [0.3, 0.4) is 0 Å². The molecule has 5 nitrogen and oxygen atoms in total. The molecule has 5 heteroatoms. The zero-order valence-corrected chi connectivity index (χ0v) is 20.0. The fourth-order valence-corrected chi connectivity index (χ4v) is 4.19. The number of nitrogens with zero attached hydrogens (tertiary/aromatic N) is 1. The van der Waals surface area contributed by atoms with Gasteiger partial charge in [-0.05, 0) is 59.9 Å². The van der Waals surface area contributed by atoms with Crippen molar-refractivity contribution in [3.8, 4) is 11.1 Å². The van der Waals surface area contributed by atoms with Gasteiger partial charge in [0.05, 0.1) is 13.2 Å². The lowest BCUT2D eigenvalue weighted by atomic mass is 9.98. The molecule has 1 aliphatic heterocycles. The normalized spacial score (nSPS) is 14.1. The Kier molecular flexibility index (Phi) is 7.88. The monoisotopic (exact) mass is 456 g/mol. The molecule has 0 radical (unpaired) electrons. The van der Waals surface area contributed by atoms with Crippen molar-refractivity contribution in [2.75, 3.05) is 31.6 Å². The number of amides is 1. The van der Waals surface area contributed by atoms with E-state index in [4.69, 9.17) is 4.74 Å². The lowest BCUT2D eigenvalue weighted by Crippen LogP contribution is -2.35. The maximum absolute atomic E-state index is 12.6. The number of benzene rings is 3. The molecule has 1 fully saturated rings. The van der Waals surface area contributed by atoms with E-state index in [9.17, 15) is 9.59 Å². The van der Waals surface area contributed by atoms with Gasteiger partial charge in [0.2, 0.25) is 5.91 Å². The Balaban J connectivity index is 1.44. The Hall–Kier alpha value is -3.28. The maximum Gasteiger partial charge on any atom is 0.224 e. The molecule has 0 atom stereocenters. The standard InChI is InChI=1S/C29H32N2O3/c1-21-8-9-24(18-22(21)2)28(32)12-13-29(33)30-26-11-10-25(20-31-14-16-34-17-15-31)27(19-26)23-6-4-3-5-7-23/h3-11,18-19H,12-17,20H2,1-2H3,(H,30,33). The van der Waals surface area contributed by atoms with Crippen molar-refractivity contribution in [1.82, 2.24) is 4.90 Å². The van der Waals surface area contributed by atoms with Gasteiger partial charge in [0.25, 0.3) is 0 Å². The molecule has 3 aromatic rings. The number of morpholine rings is 1. The zero-order chi connectivity index (χ0) is 23.9. The van der Waals surface area contributed by atoms with Gasteiger partial charge in [0.15, 0.2) is 5.78 Å². The second-order valence-corrected chi connectivity index (χ2v) is 8.90. The number of carbonyl (C=O) groups excluding carboxylic acids is 2. The average molecular weight is 457 g/mol. The molecule has 176 valence electrons. The first kappa shape index (κ1) is 23.9. The SMILES string of the molecule is Cc1ccc(C(=O)CCC(=O)Nc2ccc(CN3CCOCC3)c(-c3ccccc3)c2)cc1C. The van der Waals surface area contributed by atoms with Gasteiger partial charge in [-0.15, -0.1) is 0 Å². The van der Waals surface area contributed by atoms with Gasteiger partial charge in [0, 0.05) is 43.7 Å². The Labute approximate surface area is 201 Å². The van der Waals surface area contributed by atoms with Crippen molar-refractivity contribution < 1.29 is 14.3 Å². The third-order valence-electron chi connectivity index (χ3n) is 6.38. The third kappa shape index (κ3) is 6.19. The third-order valence-corrected chi connectivity index (χ3v) is 6.38. The van der Waals surface area contributed by atoms with Crippen LogP contribution in [0.5, 0.6) is 0 Å². The Morgan fingerprint density at radius 2 is 1.65 bits per heavy atom. The van der Waals surface area contributed by atoms with E-state index in [-0.39, 0.29) is 24.5 Å². The lowest BCUT2D eigenvalue weighted by molar-refractivity contribution is -0.116. The summed E-state index contributed by atoms with van der Waals surface area (Å²) in [7, 11) is 0. The molecule has 0 saturated carbocycles. The van der Waals surface area contributed by atoms with E-state index in [2.05, 4.69) is 28.4 Å². The molecule has 1 aliphatic rings. The molecule has 4 rings (SSSR count). The van der Waals surface area contributed by atoms with Crippen LogP contribution in [0.15, 0.2) is 66.7 Å². The van der Waals surface area contributed by atoms with Crippen LogP contribution in [0.1, 0.15) is 39.9 Å². The summed E-state index contributed by atoms with van der Waals surface area (Å²) in [5.41, 5.74) is 7.09. The fraction of sp³-hybridized carbons (Fsp3) is 0.310. The Morgan fingerprint density at radius 3 is 2.38 bits per heavy atom. The van der Waals surface area contributed by atoms with Crippen LogP contribution in [0.2, 0.25) is 0 Å². The van der Waals surface area contributed by atoms with E-state index >= 15 is 0 Å². The van der Waals surface area contributed by atoms with Gasteiger partial charge in [0.1, 0.15) is 0 Å². The lowest BCUT2D eigenvalue weighted by Gasteiger charge is -2.27. The number of hydrogen-bond donors (Lipinski definition) is 1. The summed E-state index contributed by atoms with van der Waals surface area (Å²) < 4.78 is 5.48. The number of aryl methyl sites for hydroxylation is 2. The van der Waals surface area contributed by atoms with Crippen LogP contribution in [0, 0.1) is 13.8 Å². The predicted octanol–water partition coefficient (Wildman–Crippen LogP) is 5.40. The molecule has 0 bridgehead atoms. The van der Waals surface area contributed by atoms with E-state index < -0.39 is 0 Å². The van der Waals surface area contributed by atoms with Crippen LogP contribution < -0.4 is 5.32 Å². The number of rotatable bonds is 8. The van der Waals surface area contributed by atoms with Crippen LogP contribution in [-0.2, 0) is 16.1 Å². The van der Waals surface area contributed by atoms with E-state index in [1.54, 1.807) is 0 Å². The summed E-state index contributed by atoms with van der Waals surface area (Å²) >= 11 is 0. The molecule has 1 saturated heterocycles. The van der Waals surface area contributed by atoms with Gasteiger partial charge in [-0.1, -0.05) is 48.5 Å². The first-order valence-corrected chi connectivity index (χ1v) is 11.9. The molecular weight excluding hydrogens is 424 g/mol. The highest BCUT2D eigenvalue weighted by Gasteiger charge is 2.15. The number of nitrogens with one attached hydrogen (secondary N) is 1. The number of carbonyl (C=O) groups is 2. The minimum absolute atomic E-state index is 0.0101. The number of Topliss-reactive ketones (excluding diaryl/α,β-unsaturated/α-hetero) is 1. The molecular formula is C29H32N2O3. The summed E-state index contributed by atoms with van der Waals surface area (Å²) in [6, 6.07) is 22.0. The van der Waals surface area contributed by atoms with E-state index in [0.29, 0.717) is 5.56 Å². The first-order valence-electron chi connectivity index (χ1n) is 11.9. The largest absolute Gasteiger partial charge is 0.379 e. The first-order chi connectivity index (χ1) is 16.5. The second kappa shape index (κ2) is 11.2. The van der Waals surface area contributed by atoms with Crippen LogP contribution in [0.25, 0.3) is 11.1 Å². The summed E-state index contributed by atoms with van der Waals surface area (Å²) in [5.74, 6) is -0.166. The van der Waals surface area contributed by atoms with Crippen molar-refractivity contribution >= 4 is 17.4 Å². The number of anilines is 1. The molecule has 1 heterocycles. The zero-order valence-electron chi connectivity index (χ0n) is 20.0. The molecule has 0 aromatic heterocycles. The molecule has 0 aliphatic carbocycles. The minimum Gasteiger partial charge on any atom is -0.379 e. The van der Waals surface area contributed by atoms with E-state index in [1.165, 1.54) is 5.56 Å². The number of hydrogen-bond acceptors (Lipinski definition) is 4. The van der Waals surface area contributed by atoms with Gasteiger partial charge in [-0.3, -0.25) is 14.5 Å². The second-order valence-electron chi connectivity index (χ2n) is 8.90. The summed E-state index contributed by atoms with van der Waals surface area (Å²) in [6.45, 7) is 8.21. The van der Waals surface area contributed by atoms with Gasteiger partial charge in [-0.2, -0.15) is 0 Å².